The summed E-state index contributed by atoms with van der Waals surface area (Å²) in [6, 6.07) is 5.65. The molecule has 5 heteroatoms. The molecule has 1 N–H and O–H groups in total. The van der Waals surface area contributed by atoms with Crippen molar-refractivity contribution in [3.63, 3.8) is 0 Å². The van der Waals surface area contributed by atoms with Crippen molar-refractivity contribution < 1.29 is 9.66 Å². The Morgan fingerprint density at radius 2 is 1.95 bits per heavy atom. The average molecular weight is 292 g/mol. The summed E-state index contributed by atoms with van der Waals surface area (Å²) in [4.78, 5) is 10.6. The maximum Gasteiger partial charge on any atom is 0.311 e. The van der Waals surface area contributed by atoms with Crippen LogP contribution in [-0.2, 0) is 6.54 Å². The number of nitrogens with zero attached hydrogens (tertiary/aromatic N) is 1. The largest absolute Gasteiger partial charge is 0.490 e. The van der Waals surface area contributed by atoms with Crippen molar-refractivity contribution >= 4 is 5.69 Å². The zero-order valence-corrected chi connectivity index (χ0v) is 13.0. The number of hydrogen-bond acceptors (Lipinski definition) is 4. The topological polar surface area (TPSA) is 64.4 Å². The van der Waals surface area contributed by atoms with E-state index >= 15 is 0 Å². The van der Waals surface area contributed by atoms with Gasteiger partial charge in [-0.15, -0.1) is 0 Å². The second-order valence-corrected chi connectivity index (χ2v) is 6.26. The number of ether oxygens (including phenoxy) is 1. The molecule has 0 aromatic heterocycles. The fourth-order valence-corrected chi connectivity index (χ4v) is 3.36. The van der Waals surface area contributed by atoms with E-state index in [1.807, 2.05) is 6.07 Å². The highest BCUT2D eigenvalue weighted by atomic mass is 16.6. The van der Waals surface area contributed by atoms with E-state index in [0.717, 1.165) is 17.4 Å². The summed E-state index contributed by atoms with van der Waals surface area (Å²) >= 11 is 0. The molecular formula is C16H24N2O3. The number of nitro groups is 1. The van der Waals surface area contributed by atoms with Crippen LogP contribution in [0.4, 0.5) is 5.69 Å². The maximum atomic E-state index is 11.0. The molecule has 5 nitrogen and oxygen atoms in total. The Balaban J connectivity index is 2.00. The van der Waals surface area contributed by atoms with Gasteiger partial charge in [-0.3, -0.25) is 10.1 Å². The lowest BCUT2D eigenvalue weighted by Crippen LogP contribution is -2.35. The molecule has 0 spiro atoms. The van der Waals surface area contributed by atoms with Crippen molar-refractivity contribution in [2.24, 2.45) is 11.8 Å². The average Bonchev–Trinajstić information content (AvgIpc) is 2.43. The second-order valence-electron chi connectivity index (χ2n) is 6.26. The van der Waals surface area contributed by atoms with Crippen molar-refractivity contribution in [3.8, 4) is 5.75 Å². The third kappa shape index (κ3) is 4.17. The van der Waals surface area contributed by atoms with E-state index in [1.54, 1.807) is 12.1 Å². The number of benzene rings is 1. The first kappa shape index (κ1) is 15.8. The number of nitro benzene ring substituents is 1. The fourth-order valence-electron chi connectivity index (χ4n) is 3.36. The van der Waals surface area contributed by atoms with Crippen molar-refractivity contribution in [2.75, 3.05) is 7.11 Å². The molecule has 2 atom stereocenters. The molecule has 0 bridgehead atoms. The Kier molecular flexibility index (Phi) is 5.17. The summed E-state index contributed by atoms with van der Waals surface area (Å²) in [6.07, 6.45) is 3.66. The van der Waals surface area contributed by atoms with Crippen molar-refractivity contribution in [1.29, 1.82) is 0 Å². The van der Waals surface area contributed by atoms with Crippen LogP contribution in [0, 0.1) is 22.0 Å². The van der Waals surface area contributed by atoms with Crippen LogP contribution in [0.15, 0.2) is 18.2 Å². The van der Waals surface area contributed by atoms with E-state index < -0.39 is 4.92 Å². The molecule has 0 heterocycles. The van der Waals surface area contributed by atoms with Crippen molar-refractivity contribution in [1.82, 2.24) is 5.32 Å². The summed E-state index contributed by atoms with van der Waals surface area (Å²) in [5.74, 6) is 1.80. The summed E-state index contributed by atoms with van der Waals surface area (Å²) in [6.45, 7) is 5.25. The normalized spacial score (nSPS) is 25.6. The van der Waals surface area contributed by atoms with Gasteiger partial charge in [0.2, 0.25) is 0 Å². The predicted molar refractivity (Wildman–Crippen MR) is 82.5 cm³/mol. The van der Waals surface area contributed by atoms with E-state index in [1.165, 1.54) is 26.4 Å². The molecule has 2 rings (SSSR count). The van der Waals surface area contributed by atoms with E-state index in [4.69, 9.17) is 4.74 Å². The van der Waals surface area contributed by atoms with Gasteiger partial charge in [0.1, 0.15) is 0 Å². The highest BCUT2D eigenvalue weighted by molar-refractivity contribution is 5.48. The first-order chi connectivity index (χ1) is 9.99. The molecule has 0 aliphatic heterocycles. The molecule has 21 heavy (non-hydrogen) atoms. The van der Waals surface area contributed by atoms with E-state index in [-0.39, 0.29) is 5.69 Å². The lowest BCUT2D eigenvalue weighted by molar-refractivity contribution is -0.385. The number of methoxy groups -OCH3 is 1. The predicted octanol–water partition coefficient (Wildman–Crippen LogP) is 3.52. The minimum atomic E-state index is -0.396. The minimum absolute atomic E-state index is 0.0298. The third-order valence-electron chi connectivity index (χ3n) is 4.21. The lowest BCUT2D eigenvalue weighted by Gasteiger charge is -2.32. The molecule has 1 saturated carbocycles. The SMILES string of the molecule is COc1ccc(CNC2CC(C)CC(C)C2)cc1[N+](=O)[O-]. The third-order valence-corrected chi connectivity index (χ3v) is 4.21. The van der Waals surface area contributed by atoms with Crippen LogP contribution < -0.4 is 10.1 Å². The molecule has 1 aliphatic rings. The van der Waals surface area contributed by atoms with Crippen LogP contribution in [-0.4, -0.2) is 18.1 Å². The molecule has 116 valence electrons. The van der Waals surface area contributed by atoms with Gasteiger partial charge < -0.3 is 10.1 Å². The van der Waals surface area contributed by atoms with Crippen LogP contribution in [0.5, 0.6) is 5.75 Å². The molecule has 1 fully saturated rings. The molecular weight excluding hydrogens is 268 g/mol. The van der Waals surface area contributed by atoms with Gasteiger partial charge in [0, 0.05) is 18.7 Å². The van der Waals surface area contributed by atoms with Gasteiger partial charge >= 0.3 is 5.69 Å². The van der Waals surface area contributed by atoms with Gasteiger partial charge in [0.15, 0.2) is 5.75 Å². The van der Waals surface area contributed by atoms with Crippen LogP contribution in [0.25, 0.3) is 0 Å². The van der Waals surface area contributed by atoms with Crippen LogP contribution in [0.2, 0.25) is 0 Å². The van der Waals surface area contributed by atoms with Crippen LogP contribution >= 0.6 is 0 Å². The zero-order valence-electron chi connectivity index (χ0n) is 13.0. The van der Waals surface area contributed by atoms with Crippen LogP contribution in [0.3, 0.4) is 0 Å². The van der Waals surface area contributed by atoms with Gasteiger partial charge in [0.25, 0.3) is 0 Å². The quantitative estimate of drug-likeness (QED) is 0.666. The summed E-state index contributed by atoms with van der Waals surface area (Å²) in [5.41, 5.74) is 0.954. The Labute approximate surface area is 125 Å². The highest BCUT2D eigenvalue weighted by Crippen LogP contribution is 2.30. The summed E-state index contributed by atoms with van der Waals surface area (Å²) in [7, 11) is 1.45. The monoisotopic (exact) mass is 292 g/mol. The summed E-state index contributed by atoms with van der Waals surface area (Å²) < 4.78 is 5.02. The molecule has 0 saturated heterocycles. The standard InChI is InChI=1S/C16H24N2O3/c1-11-6-12(2)8-14(7-11)17-10-13-4-5-16(21-3)15(9-13)18(19)20/h4-5,9,11-12,14,17H,6-8,10H2,1-3H3. The smallest absolute Gasteiger partial charge is 0.311 e. The highest BCUT2D eigenvalue weighted by Gasteiger charge is 2.23. The Morgan fingerprint density at radius 1 is 1.29 bits per heavy atom. The number of hydrogen-bond donors (Lipinski definition) is 1. The fraction of sp³-hybridized carbons (Fsp3) is 0.625. The number of rotatable bonds is 5. The molecule has 2 unspecified atom stereocenters. The van der Waals surface area contributed by atoms with Gasteiger partial charge in [-0.2, -0.15) is 0 Å². The van der Waals surface area contributed by atoms with Gasteiger partial charge in [-0.1, -0.05) is 19.9 Å². The maximum absolute atomic E-state index is 11.0. The van der Waals surface area contributed by atoms with Gasteiger partial charge in [-0.05, 0) is 42.7 Å². The zero-order chi connectivity index (χ0) is 15.4. The Hall–Kier alpha value is -1.62. The van der Waals surface area contributed by atoms with E-state index in [2.05, 4.69) is 19.2 Å². The number of nitrogens with one attached hydrogen (secondary N) is 1. The van der Waals surface area contributed by atoms with Gasteiger partial charge in [-0.25, -0.2) is 0 Å². The van der Waals surface area contributed by atoms with E-state index in [9.17, 15) is 10.1 Å². The molecule has 1 aromatic rings. The minimum Gasteiger partial charge on any atom is -0.490 e. The first-order valence-corrected chi connectivity index (χ1v) is 7.54. The summed E-state index contributed by atoms with van der Waals surface area (Å²) in [5, 5.41) is 14.6. The molecule has 1 aliphatic carbocycles. The molecule has 0 amide bonds. The van der Waals surface area contributed by atoms with Gasteiger partial charge in [0.05, 0.1) is 12.0 Å². The second kappa shape index (κ2) is 6.89. The lowest BCUT2D eigenvalue weighted by atomic mass is 9.80. The van der Waals surface area contributed by atoms with Crippen molar-refractivity contribution in [3.05, 3.63) is 33.9 Å². The molecule has 0 radical (unpaired) electrons. The first-order valence-electron chi connectivity index (χ1n) is 7.54. The molecule has 1 aromatic carbocycles. The van der Waals surface area contributed by atoms with Crippen molar-refractivity contribution in [2.45, 2.75) is 45.7 Å². The van der Waals surface area contributed by atoms with E-state index in [0.29, 0.717) is 18.3 Å². The van der Waals surface area contributed by atoms with Crippen LogP contribution in [0.1, 0.15) is 38.7 Å². The Bertz CT molecular complexity index is 494. The Morgan fingerprint density at radius 3 is 2.52 bits per heavy atom.